The summed E-state index contributed by atoms with van der Waals surface area (Å²) in [6.45, 7) is 16.0. The Hall–Kier alpha value is -6.91. The second-order valence-corrected chi connectivity index (χ2v) is 21.8. The molecule has 25 heteroatoms. The second-order valence-electron chi connectivity index (χ2n) is 18.1. The molecule has 2 fully saturated rings. The summed E-state index contributed by atoms with van der Waals surface area (Å²) in [7, 11) is -9.10. The molecule has 2 aliphatic heterocycles. The number of imidazole rings is 2. The van der Waals surface area contributed by atoms with Crippen LogP contribution in [0, 0.1) is 13.5 Å². The van der Waals surface area contributed by atoms with Gasteiger partial charge >= 0.3 is 7.74 Å². The van der Waals surface area contributed by atoms with Gasteiger partial charge in [0.1, 0.15) is 50.0 Å². The fraction of sp³-hybridized carbons (Fsp3) is 0.380. The van der Waals surface area contributed by atoms with Gasteiger partial charge in [-0.2, -0.15) is 8.42 Å². The van der Waals surface area contributed by atoms with E-state index in [2.05, 4.69) is 49.5 Å². The van der Waals surface area contributed by atoms with Crippen molar-refractivity contribution in [1.29, 1.82) is 0 Å². The smallest absolute Gasteiger partial charge is 0.372 e. The quantitative estimate of drug-likeness (QED) is 0.0393. The van der Waals surface area contributed by atoms with Gasteiger partial charge in [-0.15, -0.1) is 0 Å². The monoisotopic (exact) mass is 1060 g/mol. The normalized spacial score (nSPS) is 20.6. The van der Waals surface area contributed by atoms with E-state index in [0.29, 0.717) is 27.9 Å². The molecule has 23 nitrogen and oxygen atoms in total. The minimum absolute atomic E-state index is 0.0105. The summed E-state index contributed by atoms with van der Waals surface area (Å²) in [5.41, 5.74) is 2.97. The fourth-order valence-corrected chi connectivity index (χ4v) is 12.2. The molecule has 7 atom stereocenters. The zero-order valence-corrected chi connectivity index (χ0v) is 43.3. The van der Waals surface area contributed by atoms with Crippen molar-refractivity contribution in [3.8, 4) is 0 Å². The number of nitrogens with one attached hydrogen (secondary N) is 2. The van der Waals surface area contributed by atoms with Crippen molar-refractivity contribution < 1.29 is 50.5 Å². The zero-order chi connectivity index (χ0) is 52.7. The predicted octanol–water partition coefficient (Wildman–Crippen LogP) is 7.95. The van der Waals surface area contributed by atoms with Gasteiger partial charge in [-0.05, 0) is 71.0 Å². The molecule has 3 aromatic carbocycles. The molecule has 0 aliphatic carbocycles. The number of carbonyl (C=O) groups is 2. The Labute approximate surface area is 432 Å². The molecule has 2 saturated heterocycles. The summed E-state index contributed by atoms with van der Waals surface area (Å²) in [4.78, 5) is 56.3. The van der Waals surface area contributed by atoms with Crippen molar-refractivity contribution in [2.45, 2.75) is 101 Å². The molecule has 0 bridgehead atoms. The zero-order valence-electron chi connectivity index (χ0n) is 41.6. The molecule has 1 unspecified atom stereocenters. The van der Waals surface area contributed by atoms with E-state index in [0.717, 1.165) is 5.56 Å². The van der Waals surface area contributed by atoms with Gasteiger partial charge in [0.05, 0.1) is 49.1 Å². The predicted molar refractivity (Wildman–Crippen MR) is 274 cm³/mol. The topological polar surface area (TPSA) is 261 Å². The standard InChI is InChI=1S/C50H55N12O11PS/c1-31(2)67-25-39-38(24-42(71-39)62-30-57-44-46(53-28-55-48(44)62)59-50(64)35-15-11-8-12-16-35)73-74(68-22-21-51-6,60-75(65,66)36-19-17-33(5)18-20-36)69-26-40-37(70-32(3)4)23-41(72-40)61-29-56-43-45(52-27-54-47(43)61)58-49(63)34-13-9-7-10-14-34/h7-20,27-32,37-42H,21-26H2,1-5H3,(H,52,54,58,63)(H,53,55,59,64)/t37-,38-,39-,40-,41-,42-,74?/m1/s1. The van der Waals surface area contributed by atoms with Crippen molar-refractivity contribution in [2.75, 3.05) is 37.0 Å². The fourth-order valence-electron chi connectivity index (χ4n) is 8.37. The number of nitrogens with zero attached hydrogens (tertiary/aromatic N) is 10. The Morgan fingerprint density at radius 1 is 0.733 bits per heavy atom. The maximum atomic E-state index is 14.5. The first-order chi connectivity index (χ1) is 36.2. The van der Waals surface area contributed by atoms with E-state index >= 15 is 0 Å². The molecular weight excluding hydrogens is 1010 g/mol. The summed E-state index contributed by atoms with van der Waals surface area (Å²) in [5.74, 6) is -0.403. The van der Waals surface area contributed by atoms with Crippen LogP contribution < -0.4 is 10.6 Å². The molecule has 2 N–H and O–H groups in total. The summed E-state index contributed by atoms with van der Waals surface area (Å²) < 4.78 is 82.5. The Kier molecular flexibility index (Phi) is 16.5. The first-order valence-corrected chi connectivity index (χ1v) is 27.0. The Bertz CT molecular complexity index is 3340. The van der Waals surface area contributed by atoms with Gasteiger partial charge in [0.15, 0.2) is 34.0 Å². The lowest BCUT2D eigenvalue weighted by atomic mass is 10.2. The van der Waals surface area contributed by atoms with Gasteiger partial charge in [0.25, 0.3) is 21.8 Å². The van der Waals surface area contributed by atoms with Crippen LogP contribution in [0.3, 0.4) is 0 Å². The van der Waals surface area contributed by atoms with Crippen LogP contribution in [0.25, 0.3) is 27.2 Å². The first kappa shape index (κ1) is 52.9. The summed E-state index contributed by atoms with van der Waals surface area (Å²) >= 11 is 0. The lowest BCUT2D eigenvalue weighted by Crippen LogP contribution is -2.33. The summed E-state index contributed by atoms with van der Waals surface area (Å²) in [6.07, 6.45) is 0.434. The summed E-state index contributed by atoms with van der Waals surface area (Å²) in [6, 6.07) is 23.5. The van der Waals surface area contributed by atoms with E-state index in [1.807, 2.05) is 40.7 Å². The second kappa shape index (κ2) is 23.3. The maximum absolute atomic E-state index is 14.5. The highest BCUT2D eigenvalue weighted by Gasteiger charge is 2.46. The number of rotatable bonds is 21. The number of carbonyl (C=O) groups excluding carboxylic acids is 2. The van der Waals surface area contributed by atoms with E-state index in [1.54, 1.807) is 75.9 Å². The van der Waals surface area contributed by atoms with E-state index in [-0.39, 0.29) is 79.4 Å². The SMILES string of the molecule is [C-]#[N+]CCOP(=NS(=O)(=O)c1ccc(C)cc1)(OC[C@H]1O[C@@H](n2cnc3c(NC(=O)c4ccccc4)ncnc32)C[C@H]1OC(C)C)O[C@@H]1C[C@H](n2cnc3c(NC(=O)c4ccccc4)ncnc32)O[C@@H]1COC(C)C. The minimum atomic E-state index is -4.60. The largest absolute Gasteiger partial charge is 0.376 e. The molecule has 75 heavy (non-hydrogen) atoms. The molecule has 0 saturated carbocycles. The van der Waals surface area contributed by atoms with Gasteiger partial charge in [-0.3, -0.25) is 32.3 Å². The molecule has 2 aliphatic rings. The average Bonchev–Trinajstić information content (AvgIpc) is 4.22. The number of fused-ring (bicyclic) bond motifs is 2. The molecule has 9 rings (SSSR count). The third kappa shape index (κ3) is 12.5. The van der Waals surface area contributed by atoms with Gasteiger partial charge in [0.2, 0.25) is 6.54 Å². The number of hydrogen-bond acceptors (Lipinski definition) is 17. The van der Waals surface area contributed by atoms with Crippen molar-refractivity contribution in [3.63, 3.8) is 0 Å². The molecular formula is C50H55N12O11PS. The molecule has 6 heterocycles. The van der Waals surface area contributed by atoms with Crippen molar-refractivity contribution in [1.82, 2.24) is 39.0 Å². The van der Waals surface area contributed by atoms with Gasteiger partial charge < -0.3 is 34.4 Å². The first-order valence-electron chi connectivity index (χ1n) is 24.1. The lowest BCUT2D eigenvalue weighted by molar-refractivity contribution is -0.0807. The molecule has 0 spiro atoms. The van der Waals surface area contributed by atoms with E-state index in [4.69, 9.17) is 39.1 Å². The van der Waals surface area contributed by atoms with E-state index in [9.17, 15) is 18.0 Å². The molecule has 7 aromatic rings. The van der Waals surface area contributed by atoms with Gasteiger partial charge in [0, 0.05) is 24.0 Å². The maximum Gasteiger partial charge on any atom is 0.372 e. The van der Waals surface area contributed by atoms with Crippen LogP contribution in [-0.4, -0.2) is 122 Å². The highest BCUT2D eigenvalue weighted by atomic mass is 32.2. The molecule has 392 valence electrons. The Balaban J connectivity index is 1.04. The van der Waals surface area contributed by atoms with Gasteiger partial charge in [-0.25, -0.2) is 36.5 Å². The van der Waals surface area contributed by atoms with Crippen LogP contribution in [0.15, 0.2) is 119 Å². The third-order valence-corrected chi connectivity index (χ3v) is 16.0. The highest BCUT2D eigenvalue weighted by molar-refractivity contribution is 7.93. The van der Waals surface area contributed by atoms with Crippen LogP contribution in [0.4, 0.5) is 11.6 Å². The Morgan fingerprint density at radius 3 is 1.79 bits per heavy atom. The molecule has 4 aromatic heterocycles. The molecule has 2 amide bonds. The van der Waals surface area contributed by atoms with Crippen molar-refractivity contribution >= 4 is 63.5 Å². The Morgan fingerprint density at radius 2 is 1.27 bits per heavy atom. The van der Waals surface area contributed by atoms with Crippen LogP contribution in [0.1, 0.15) is 79.3 Å². The van der Waals surface area contributed by atoms with Crippen LogP contribution in [0.5, 0.6) is 0 Å². The number of anilines is 2. The minimum Gasteiger partial charge on any atom is -0.376 e. The van der Waals surface area contributed by atoms with E-state index in [1.165, 1.54) is 37.4 Å². The van der Waals surface area contributed by atoms with Crippen LogP contribution in [-0.2, 0) is 42.5 Å². The molecule has 0 radical (unpaired) electrons. The van der Waals surface area contributed by atoms with Gasteiger partial charge in [-0.1, -0.05) is 58.2 Å². The number of sulfonamides is 1. The summed E-state index contributed by atoms with van der Waals surface area (Å²) in [5, 5.41) is 5.64. The number of ether oxygens (including phenoxy) is 4. The number of aromatic nitrogens is 8. The average molecular weight is 1060 g/mol. The van der Waals surface area contributed by atoms with Crippen LogP contribution in [0.2, 0.25) is 0 Å². The highest BCUT2D eigenvalue weighted by Crippen LogP contribution is 2.58. The third-order valence-electron chi connectivity index (χ3n) is 11.9. The van der Waals surface area contributed by atoms with Crippen molar-refractivity contribution in [2.24, 2.45) is 4.15 Å². The number of benzene rings is 3. The number of hydrogen-bond donors (Lipinski definition) is 2. The van der Waals surface area contributed by atoms with Crippen LogP contribution >= 0.6 is 7.74 Å². The van der Waals surface area contributed by atoms with E-state index < -0.39 is 60.5 Å². The number of amides is 2. The van der Waals surface area contributed by atoms with Crippen molar-refractivity contribution in [3.05, 3.63) is 138 Å². The lowest BCUT2D eigenvalue weighted by Gasteiger charge is -2.29. The number of aryl methyl sites for hydroxylation is 1.